The topological polar surface area (TPSA) is 120 Å². The largest absolute Gasteiger partial charge is 0.507 e. The second-order valence-corrected chi connectivity index (χ2v) is 8.77. The fourth-order valence-corrected chi connectivity index (χ4v) is 4.64. The Morgan fingerprint density at radius 3 is 2.58 bits per heavy atom. The molecule has 1 atom stereocenters. The molecule has 10 heteroatoms. The van der Waals surface area contributed by atoms with E-state index in [4.69, 9.17) is 10.2 Å². The molecule has 0 fully saturated rings. The van der Waals surface area contributed by atoms with Crippen molar-refractivity contribution in [2.24, 2.45) is 0 Å². The van der Waals surface area contributed by atoms with Gasteiger partial charge in [-0.25, -0.2) is 23.4 Å². The lowest BCUT2D eigenvalue weighted by Gasteiger charge is -2.17. The van der Waals surface area contributed by atoms with Crippen molar-refractivity contribution < 1.29 is 18.3 Å². The molecule has 6 aromatic rings. The number of halogens is 2. The third kappa shape index (κ3) is 3.65. The predicted octanol–water partition coefficient (Wildman–Crippen LogP) is 5.44. The zero-order chi connectivity index (χ0) is 26.6. The Balaban J connectivity index is 1.65. The average molecular weight is 511 g/mol. The summed E-state index contributed by atoms with van der Waals surface area (Å²) in [7, 11) is 0. The van der Waals surface area contributed by atoms with E-state index in [9.17, 15) is 18.7 Å². The summed E-state index contributed by atoms with van der Waals surface area (Å²) in [6.45, 7) is 1.74. The summed E-state index contributed by atoms with van der Waals surface area (Å²) in [5.41, 5.74) is 7.45. The number of hydrogen-bond acceptors (Lipinski definition) is 7. The fraction of sp³-hybridized carbons (Fsp3) is 0.0714. The van der Waals surface area contributed by atoms with Crippen LogP contribution in [-0.2, 0) is 0 Å². The molecule has 0 bridgehead atoms. The smallest absolute Gasteiger partial charge is 0.200 e. The lowest BCUT2D eigenvalue weighted by atomic mass is 9.99. The highest BCUT2D eigenvalue weighted by Crippen LogP contribution is 2.38. The van der Waals surface area contributed by atoms with E-state index in [1.54, 1.807) is 37.3 Å². The van der Waals surface area contributed by atoms with Crippen LogP contribution in [0.15, 0.2) is 82.3 Å². The van der Waals surface area contributed by atoms with E-state index >= 15 is 0 Å². The normalized spacial score (nSPS) is 12.3. The number of aromatic hydroxyl groups is 1. The van der Waals surface area contributed by atoms with Crippen LogP contribution in [0.2, 0.25) is 0 Å². The van der Waals surface area contributed by atoms with Crippen molar-refractivity contribution in [3.63, 3.8) is 0 Å². The number of rotatable bonds is 4. The van der Waals surface area contributed by atoms with Gasteiger partial charge in [0.05, 0.1) is 16.3 Å². The van der Waals surface area contributed by atoms with Gasteiger partial charge in [0.2, 0.25) is 5.43 Å². The van der Waals surface area contributed by atoms with Crippen molar-refractivity contribution in [1.29, 1.82) is 0 Å². The third-order valence-corrected chi connectivity index (χ3v) is 6.42. The van der Waals surface area contributed by atoms with Crippen LogP contribution < -0.4 is 11.2 Å². The maximum absolute atomic E-state index is 14.2. The molecule has 0 saturated heterocycles. The first-order chi connectivity index (χ1) is 18.3. The van der Waals surface area contributed by atoms with Crippen LogP contribution in [0.5, 0.6) is 5.75 Å². The van der Waals surface area contributed by atoms with Crippen LogP contribution in [-0.4, -0.2) is 24.9 Å². The van der Waals surface area contributed by atoms with Crippen LogP contribution in [0.25, 0.3) is 44.4 Å². The van der Waals surface area contributed by atoms with Gasteiger partial charge in [-0.1, -0.05) is 24.3 Å². The number of benzene rings is 3. The Kier molecular flexibility index (Phi) is 5.37. The first-order valence-electron chi connectivity index (χ1n) is 11.6. The number of hydrogen-bond donors (Lipinski definition) is 2. The summed E-state index contributed by atoms with van der Waals surface area (Å²) in [4.78, 5) is 22.1. The van der Waals surface area contributed by atoms with Crippen molar-refractivity contribution in [2.45, 2.75) is 13.0 Å². The van der Waals surface area contributed by atoms with Crippen LogP contribution >= 0.6 is 0 Å². The Morgan fingerprint density at radius 2 is 1.79 bits per heavy atom. The van der Waals surface area contributed by atoms with Crippen molar-refractivity contribution in [3.8, 4) is 28.1 Å². The van der Waals surface area contributed by atoms with Gasteiger partial charge in [0.1, 0.15) is 52.6 Å². The number of nitrogens with zero attached hydrogens (tertiary/aromatic N) is 4. The van der Waals surface area contributed by atoms with Gasteiger partial charge in [0.15, 0.2) is 5.65 Å². The molecule has 38 heavy (non-hydrogen) atoms. The van der Waals surface area contributed by atoms with E-state index in [1.165, 1.54) is 41.3 Å². The van der Waals surface area contributed by atoms with Gasteiger partial charge >= 0.3 is 0 Å². The molecule has 0 aliphatic carbocycles. The van der Waals surface area contributed by atoms with Gasteiger partial charge in [0.25, 0.3) is 0 Å². The van der Waals surface area contributed by atoms with Gasteiger partial charge in [-0.05, 0) is 48.9 Å². The van der Waals surface area contributed by atoms with E-state index in [0.29, 0.717) is 27.6 Å². The minimum Gasteiger partial charge on any atom is -0.507 e. The Bertz CT molecular complexity index is 1930. The van der Waals surface area contributed by atoms with Crippen LogP contribution in [0.4, 0.5) is 14.6 Å². The highest BCUT2D eigenvalue weighted by atomic mass is 19.1. The maximum atomic E-state index is 14.2. The van der Waals surface area contributed by atoms with Crippen LogP contribution in [0.1, 0.15) is 18.7 Å². The van der Waals surface area contributed by atoms with Gasteiger partial charge in [-0.3, -0.25) is 4.79 Å². The zero-order valence-corrected chi connectivity index (χ0v) is 19.9. The molecule has 0 amide bonds. The summed E-state index contributed by atoms with van der Waals surface area (Å²) in [6.07, 6.45) is 1.26. The molecule has 3 heterocycles. The van der Waals surface area contributed by atoms with Crippen molar-refractivity contribution in [1.82, 2.24) is 19.7 Å². The summed E-state index contributed by atoms with van der Waals surface area (Å²) >= 11 is 0. The highest BCUT2D eigenvalue weighted by molar-refractivity contribution is 5.99. The van der Waals surface area contributed by atoms with Gasteiger partial charge in [-0.2, -0.15) is 5.10 Å². The first-order valence-corrected chi connectivity index (χ1v) is 11.6. The third-order valence-electron chi connectivity index (χ3n) is 6.42. The second kappa shape index (κ2) is 8.77. The van der Waals surface area contributed by atoms with Gasteiger partial charge in [0, 0.05) is 11.6 Å². The van der Waals surface area contributed by atoms with E-state index in [-0.39, 0.29) is 39.6 Å². The minimum atomic E-state index is -0.751. The van der Waals surface area contributed by atoms with Crippen LogP contribution in [0, 0.1) is 11.6 Å². The number of para-hydroxylation sites is 1. The number of nitrogen functional groups attached to an aromatic ring is 1. The number of fused-ring (bicyclic) bond motifs is 2. The summed E-state index contributed by atoms with van der Waals surface area (Å²) in [5.74, 6) is -1.16. The molecular formula is C28H19F2N5O3. The number of phenols is 1. The molecule has 0 aliphatic rings. The lowest BCUT2D eigenvalue weighted by Crippen LogP contribution is -2.16. The summed E-state index contributed by atoms with van der Waals surface area (Å²) in [5, 5.41) is 15.8. The SMILES string of the molecule is CC(c1oc2ccccc2c(=O)c1-c1cccc(F)c1)n1nc(-c2ccc(F)cc2O)c2c(N)ncnc21. The van der Waals surface area contributed by atoms with E-state index in [0.717, 1.165) is 6.07 Å². The van der Waals surface area contributed by atoms with Gasteiger partial charge < -0.3 is 15.3 Å². The van der Waals surface area contributed by atoms with Crippen molar-refractivity contribution in [3.05, 3.63) is 101 Å². The molecule has 1 unspecified atom stereocenters. The summed E-state index contributed by atoms with van der Waals surface area (Å²) < 4.78 is 35.7. The molecule has 0 spiro atoms. The number of anilines is 1. The van der Waals surface area contributed by atoms with Crippen molar-refractivity contribution >= 4 is 27.8 Å². The molecule has 3 N–H and O–H groups in total. The molecule has 0 aliphatic heterocycles. The monoisotopic (exact) mass is 511 g/mol. The highest BCUT2D eigenvalue weighted by Gasteiger charge is 2.27. The quantitative estimate of drug-likeness (QED) is 0.323. The van der Waals surface area contributed by atoms with E-state index < -0.39 is 17.7 Å². The van der Waals surface area contributed by atoms with Crippen molar-refractivity contribution in [2.75, 3.05) is 5.73 Å². The molecule has 3 aromatic carbocycles. The fourth-order valence-electron chi connectivity index (χ4n) is 4.64. The van der Waals surface area contributed by atoms with E-state index in [2.05, 4.69) is 15.1 Å². The van der Waals surface area contributed by atoms with Gasteiger partial charge in [-0.15, -0.1) is 0 Å². The average Bonchev–Trinajstić information content (AvgIpc) is 3.29. The molecule has 0 saturated carbocycles. The Hall–Kier alpha value is -5.12. The minimum absolute atomic E-state index is 0.0949. The molecular weight excluding hydrogens is 492 g/mol. The Morgan fingerprint density at radius 1 is 1.00 bits per heavy atom. The number of aromatic nitrogens is 4. The number of nitrogens with two attached hydrogens (primary N) is 1. The lowest BCUT2D eigenvalue weighted by molar-refractivity contribution is 0.445. The number of phenolic OH excluding ortho intramolecular Hbond substituents is 1. The van der Waals surface area contributed by atoms with E-state index in [1.807, 2.05) is 0 Å². The predicted molar refractivity (Wildman–Crippen MR) is 138 cm³/mol. The molecule has 3 aromatic heterocycles. The summed E-state index contributed by atoms with van der Waals surface area (Å²) in [6, 6.07) is 15.3. The molecule has 188 valence electrons. The molecule has 6 rings (SSSR count). The molecule has 0 radical (unpaired) electrons. The Labute approximate surface area is 213 Å². The van der Waals surface area contributed by atoms with Crippen LogP contribution in [0.3, 0.4) is 0 Å². The zero-order valence-electron chi connectivity index (χ0n) is 19.9. The standard InChI is InChI=1S/C28H19F2N5O3/c1-14(26-22(15-5-4-6-16(29)11-15)25(37)19-7-2-3-8-21(19)38-26)35-28-23(27(31)32-13-33-28)24(34-35)18-10-9-17(30)12-20(18)36/h2-14,36H,1H3,(H2,31,32,33). The molecule has 8 nitrogen and oxygen atoms in total. The maximum Gasteiger partial charge on any atom is 0.200 e. The second-order valence-electron chi connectivity index (χ2n) is 8.77. The first kappa shape index (κ1) is 23.3.